The molecule has 3 rings (SSSR count). The number of rotatable bonds is 9. The number of amides is 1. The van der Waals surface area contributed by atoms with Crippen LogP contribution in [-0.4, -0.2) is 93.9 Å². The van der Waals surface area contributed by atoms with Crippen molar-refractivity contribution in [2.24, 2.45) is 0 Å². The summed E-state index contributed by atoms with van der Waals surface area (Å²) in [6.45, 7) is 9.55. The second-order valence-corrected chi connectivity index (χ2v) is 7.55. The first-order chi connectivity index (χ1) is 14.5. The molecule has 0 spiro atoms. The Labute approximate surface area is 176 Å². The molecule has 1 fully saturated rings. The first-order valence-electron chi connectivity index (χ1n) is 10.5. The molecule has 1 N–H and O–H groups in total. The van der Waals surface area contributed by atoms with Crippen LogP contribution in [-0.2, 0) is 11.3 Å². The molecule has 1 aliphatic rings. The predicted molar refractivity (Wildman–Crippen MR) is 113 cm³/mol. The van der Waals surface area contributed by atoms with E-state index < -0.39 is 11.9 Å². The second kappa shape index (κ2) is 10.5. The number of aliphatic hydroxyl groups excluding tert-OH is 1. The van der Waals surface area contributed by atoms with E-state index in [-0.39, 0.29) is 12.5 Å². The van der Waals surface area contributed by atoms with Gasteiger partial charge in [0.25, 0.3) is 0 Å². The molecule has 1 aromatic heterocycles. The summed E-state index contributed by atoms with van der Waals surface area (Å²) < 4.78 is 6.19. The number of aliphatic hydroxyl groups is 1. The quantitative estimate of drug-likeness (QED) is 0.629. The van der Waals surface area contributed by atoms with E-state index in [1.165, 1.54) is 4.57 Å². The molecule has 30 heavy (non-hydrogen) atoms. The zero-order valence-electron chi connectivity index (χ0n) is 17.7. The highest BCUT2D eigenvalue weighted by Crippen LogP contribution is 2.15. The van der Waals surface area contributed by atoms with Crippen molar-refractivity contribution >= 4 is 5.91 Å². The van der Waals surface area contributed by atoms with Crippen LogP contribution in [0.1, 0.15) is 13.8 Å². The smallest absolute Gasteiger partial charge is 0.390 e. The summed E-state index contributed by atoms with van der Waals surface area (Å²) in [5.41, 5.74) is 0.766. The molecule has 0 radical (unpaired) electrons. The molecule has 9 heteroatoms. The highest BCUT2D eigenvalue weighted by Gasteiger charge is 2.23. The summed E-state index contributed by atoms with van der Waals surface area (Å²) in [4.78, 5) is 30.5. The normalized spacial score (nSPS) is 16.5. The van der Waals surface area contributed by atoms with Gasteiger partial charge < -0.3 is 10.0 Å². The van der Waals surface area contributed by atoms with E-state index in [1.807, 2.05) is 49.1 Å². The van der Waals surface area contributed by atoms with Crippen LogP contribution in [0.2, 0.25) is 0 Å². The lowest BCUT2D eigenvalue weighted by Crippen LogP contribution is -2.51. The van der Waals surface area contributed by atoms with Crippen molar-refractivity contribution in [2.45, 2.75) is 26.5 Å². The molecule has 2 heterocycles. The highest BCUT2D eigenvalue weighted by molar-refractivity contribution is 5.78. The molecule has 1 aromatic carbocycles. The van der Waals surface area contributed by atoms with E-state index in [9.17, 15) is 14.7 Å². The summed E-state index contributed by atoms with van der Waals surface area (Å²) in [6, 6.07) is 9.30. The Balaban J connectivity index is 1.50. The maximum absolute atomic E-state index is 12.3. The van der Waals surface area contributed by atoms with Crippen molar-refractivity contribution in [3.8, 4) is 11.4 Å². The molecule has 1 atom stereocenters. The lowest BCUT2D eigenvalue weighted by Gasteiger charge is -2.36. The fraction of sp³-hybridized carbons (Fsp3) is 0.571. The largest absolute Gasteiger partial charge is 0.441 e. The minimum Gasteiger partial charge on any atom is -0.390 e. The van der Waals surface area contributed by atoms with Crippen LogP contribution in [0, 0.1) is 0 Å². The van der Waals surface area contributed by atoms with E-state index in [1.54, 1.807) is 0 Å². The van der Waals surface area contributed by atoms with Gasteiger partial charge in [-0.3, -0.25) is 23.7 Å². The average molecular weight is 418 g/mol. The molecular formula is C21H31N5O4. The molecule has 1 unspecified atom stereocenters. The van der Waals surface area contributed by atoms with Gasteiger partial charge in [0.2, 0.25) is 5.91 Å². The zero-order valence-corrected chi connectivity index (χ0v) is 17.7. The Kier molecular flexibility index (Phi) is 7.78. The molecule has 1 saturated heterocycles. The average Bonchev–Trinajstić information content (AvgIpc) is 3.11. The topological polar surface area (TPSA) is 95.1 Å². The van der Waals surface area contributed by atoms with Crippen molar-refractivity contribution in [3.05, 3.63) is 40.9 Å². The van der Waals surface area contributed by atoms with Crippen LogP contribution >= 0.6 is 0 Å². The SMILES string of the molecule is CCN(CC)C(=O)CN1CCN(CC(O)Cn2c(-c3ccccc3)noc2=O)CC1. The second-order valence-electron chi connectivity index (χ2n) is 7.55. The molecule has 9 nitrogen and oxygen atoms in total. The van der Waals surface area contributed by atoms with Gasteiger partial charge in [-0.25, -0.2) is 4.79 Å². The van der Waals surface area contributed by atoms with Gasteiger partial charge in [-0.2, -0.15) is 0 Å². The number of hydrogen-bond acceptors (Lipinski definition) is 7. The van der Waals surface area contributed by atoms with Crippen molar-refractivity contribution in [3.63, 3.8) is 0 Å². The number of carbonyl (C=O) groups is 1. The first-order valence-corrected chi connectivity index (χ1v) is 10.5. The number of carbonyl (C=O) groups excluding carboxylic acids is 1. The van der Waals surface area contributed by atoms with Crippen LogP contribution in [0.25, 0.3) is 11.4 Å². The number of hydrogen-bond donors (Lipinski definition) is 1. The Morgan fingerprint density at radius 2 is 1.73 bits per heavy atom. The molecule has 1 amide bonds. The Hall–Kier alpha value is -2.49. The van der Waals surface area contributed by atoms with Crippen LogP contribution in [0.15, 0.2) is 39.6 Å². The third kappa shape index (κ3) is 5.56. The van der Waals surface area contributed by atoms with Crippen molar-refractivity contribution < 1.29 is 14.4 Å². The summed E-state index contributed by atoms with van der Waals surface area (Å²) in [6.07, 6.45) is -0.728. The Morgan fingerprint density at radius 1 is 1.10 bits per heavy atom. The third-order valence-corrected chi connectivity index (χ3v) is 5.52. The molecule has 0 saturated carbocycles. The summed E-state index contributed by atoms with van der Waals surface area (Å²) in [7, 11) is 0. The van der Waals surface area contributed by atoms with E-state index in [0.29, 0.717) is 18.9 Å². The number of β-amino-alcohol motifs (C(OH)–C–C–N with tert-alkyl or cyclic N) is 1. The molecule has 0 bridgehead atoms. The summed E-state index contributed by atoms with van der Waals surface area (Å²) in [5, 5.41) is 14.4. The van der Waals surface area contributed by atoms with Gasteiger partial charge in [-0.15, -0.1) is 0 Å². The maximum atomic E-state index is 12.3. The molecule has 2 aromatic rings. The minimum absolute atomic E-state index is 0.118. The molecule has 1 aliphatic heterocycles. The summed E-state index contributed by atoms with van der Waals surface area (Å²) >= 11 is 0. The predicted octanol–water partition coefficient (Wildman–Crippen LogP) is 0.350. The monoisotopic (exact) mass is 417 g/mol. The number of likely N-dealkylation sites (N-methyl/N-ethyl adjacent to an activating group) is 1. The molecular weight excluding hydrogens is 386 g/mol. The van der Waals surface area contributed by atoms with Gasteiger partial charge in [0.05, 0.1) is 19.2 Å². The number of piperazine rings is 1. The highest BCUT2D eigenvalue weighted by atomic mass is 16.5. The lowest BCUT2D eigenvalue weighted by atomic mass is 10.2. The van der Waals surface area contributed by atoms with E-state index >= 15 is 0 Å². The standard InChI is InChI=1S/C21H31N5O4/c1-3-25(4-2)19(28)16-24-12-10-23(11-13-24)14-18(27)15-26-20(22-30-21(26)29)17-8-6-5-7-9-17/h5-9,18,27H,3-4,10-16H2,1-2H3. The minimum atomic E-state index is -0.728. The fourth-order valence-electron chi connectivity index (χ4n) is 3.79. The van der Waals surface area contributed by atoms with Gasteiger partial charge in [0, 0.05) is 51.4 Å². The van der Waals surface area contributed by atoms with Crippen LogP contribution in [0.5, 0.6) is 0 Å². The Bertz CT molecular complexity index is 854. The van der Waals surface area contributed by atoms with Gasteiger partial charge in [-0.05, 0) is 13.8 Å². The lowest BCUT2D eigenvalue weighted by molar-refractivity contribution is -0.132. The van der Waals surface area contributed by atoms with E-state index in [4.69, 9.17) is 4.52 Å². The number of aromatic nitrogens is 2. The Morgan fingerprint density at radius 3 is 2.37 bits per heavy atom. The molecule has 164 valence electrons. The maximum Gasteiger partial charge on any atom is 0.441 e. The fourth-order valence-corrected chi connectivity index (χ4v) is 3.79. The summed E-state index contributed by atoms with van der Waals surface area (Å²) in [5.74, 6) is 0.000723. The van der Waals surface area contributed by atoms with Crippen LogP contribution < -0.4 is 5.76 Å². The third-order valence-electron chi connectivity index (χ3n) is 5.52. The number of nitrogens with zero attached hydrogens (tertiary/aromatic N) is 5. The van der Waals surface area contributed by atoms with E-state index in [2.05, 4.69) is 15.0 Å². The van der Waals surface area contributed by atoms with E-state index in [0.717, 1.165) is 44.8 Å². The van der Waals surface area contributed by atoms with Gasteiger partial charge in [-0.1, -0.05) is 35.5 Å². The van der Waals surface area contributed by atoms with Crippen LogP contribution in [0.4, 0.5) is 0 Å². The van der Waals surface area contributed by atoms with Crippen molar-refractivity contribution in [1.29, 1.82) is 0 Å². The number of benzene rings is 1. The first kappa shape index (κ1) is 22.2. The van der Waals surface area contributed by atoms with Gasteiger partial charge in [0.15, 0.2) is 5.82 Å². The molecule has 0 aliphatic carbocycles. The zero-order chi connectivity index (χ0) is 21.5. The van der Waals surface area contributed by atoms with Gasteiger partial charge in [0.1, 0.15) is 0 Å². The van der Waals surface area contributed by atoms with Crippen molar-refractivity contribution in [1.82, 2.24) is 24.4 Å². The van der Waals surface area contributed by atoms with Gasteiger partial charge >= 0.3 is 5.76 Å². The van der Waals surface area contributed by atoms with Crippen molar-refractivity contribution in [2.75, 3.05) is 52.4 Å². The van der Waals surface area contributed by atoms with Crippen LogP contribution in [0.3, 0.4) is 0 Å².